The molecule has 0 aliphatic rings. The van der Waals surface area contributed by atoms with Crippen molar-refractivity contribution >= 4 is 17.3 Å². The van der Waals surface area contributed by atoms with E-state index in [0.717, 1.165) is 5.56 Å². The average Bonchev–Trinajstić information content (AvgIpc) is 2.74. The highest BCUT2D eigenvalue weighted by molar-refractivity contribution is 7.13. The molecule has 0 fully saturated rings. The SMILES string of the molecule is O=C(O)c1sc(Cc2ccccc2)nc1C(F)(F)F. The van der Waals surface area contributed by atoms with Gasteiger partial charge in [-0.15, -0.1) is 11.3 Å². The topological polar surface area (TPSA) is 50.2 Å². The number of hydrogen-bond acceptors (Lipinski definition) is 3. The molecule has 0 saturated heterocycles. The Bertz CT molecular complexity index is 593. The summed E-state index contributed by atoms with van der Waals surface area (Å²) in [5.74, 6) is -1.61. The lowest BCUT2D eigenvalue weighted by molar-refractivity contribution is -0.141. The fourth-order valence-electron chi connectivity index (χ4n) is 1.55. The van der Waals surface area contributed by atoms with Crippen LogP contribution in [0.15, 0.2) is 30.3 Å². The standard InChI is InChI=1S/C12H8F3NO2S/c13-12(14,15)10-9(11(17)18)19-8(16-10)6-7-4-2-1-3-5-7/h1-5H,6H2,(H,17,18). The zero-order valence-electron chi connectivity index (χ0n) is 9.44. The summed E-state index contributed by atoms with van der Waals surface area (Å²) in [4.78, 5) is 13.4. The average molecular weight is 287 g/mol. The summed E-state index contributed by atoms with van der Waals surface area (Å²) >= 11 is 0.559. The Labute approximate surface area is 110 Å². The van der Waals surface area contributed by atoms with E-state index in [0.29, 0.717) is 11.3 Å². The number of rotatable bonds is 3. The molecule has 100 valence electrons. The van der Waals surface area contributed by atoms with Gasteiger partial charge in [0.15, 0.2) is 5.69 Å². The second-order valence-electron chi connectivity index (χ2n) is 3.75. The number of nitrogens with zero attached hydrogens (tertiary/aromatic N) is 1. The monoisotopic (exact) mass is 287 g/mol. The van der Waals surface area contributed by atoms with Crippen LogP contribution in [0.3, 0.4) is 0 Å². The summed E-state index contributed by atoms with van der Waals surface area (Å²) in [7, 11) is 0. The number of alkyl halides is 3. The Morgan fingerprint density at radius 1 is 1.26 bits per heavy atom. The summed E-state index contributed by atoms with van der Waals surface area (Å²) in [6, 6.07) is 8.79. The van der Waals surface area contributed by atoms with E-state index in [4.69, 9.17) is 5.11 Å². The van der Waals surface area contributed by atoms with Gasteiger partial charge in [0, 0.05) is 6.42 Å². The molecule has 0 unspecified atom stereocenters. The summed E-state index contributed by atoms with van der Waals surface area (Å²) < 4.78 is 37.9. The lowest BCUT2D eigenvalue weighted by atomic mass is 10.2. The smallest absolute Gasteiger partial charge is 0.435 e. The summed E-state index contributed by atoms with van der Waals surface area (Å²) in [5.41, 5.74) is -0.544. The van der Waals surface area contributed by atoms with Crippen molar-refractivity contribution < 1.29 is 23.1 Å². The van der Waals surface area contributed by atoms with Crippen LogP contribution in [-0.4, -0.2) is 16.1 Å². The fraction of sp³-hybridized carbons (Fsp3) is 0.167. The molecule has 1 aromatic heterocycles. The third-order valence-electron chi connectivity index (χ3n) is 2.33. The van der Waals surface area contributed by atoms with E-state index >= 15 is 0 Å². The van der Waals surface area contributed by atoms with Gasteiger partial charge < -0.3 is 5.11 Å². The van der Waals surface area contributed by atoms with Crippen molar-refractivity contribution in [3.05, 3.63) is 51.5 Å². The molecule has 0 spiro atoms. The first kappa shape index (κ1) is 13.5. The Balaban J connectivity index is 2.36. The first-order valence-corrected chi connectivity index (χ1v) is 6.03. The second-order valence-corrected chi connectivity index (χ2v) is 4.83. The van der Waals surface area contributed by atoms with E-state index in [1.54, 1.807) is 30.3 Å². The van der Waals surface area contributed by atoms with Crippen LogP contribution in [-0.2, 0) is 12.6 Å². The lowest BCUT2D eigenvalue weighted by Crippen LogP contribution is -2.11. The summed E-state index contributed by atoms with van der Waals surface area (Å²) in [6.45, 7) is 0. The van der Waals surface area contributed by atoms with Crippen LogP contribution in [0, 0.1) is 0 Å². The van der Waals surface area contributed by atoms with Crippen LogP contribution >= 0.6 is 11.3 Å². The maximum Gasteiger partial charge on any atom is 0.435 e. The predicted octanol–water partition coefficient (Wildman–Crippen LogP) is 3.45. The highest BCUT2D eigenvalue weighted by atomic mass is 32.1. The normalized spacial score (nSPS) is 11.5. The van der Waals surface area contributed by atoms with Gasteiger partial charge in [0.2, 0.25) is 0 Å². The first-order chi connectivity index (χ1) is 8.88. The van der Waals surface area contributed by atoms with Gasteiger partial charge in [0.1, 0.15) is 4.88 Å². The van der Waals surface area contributed by atoms with E-state index in [2.05, 4.69) is 4.98 Å². The van der Waals surface area contributed by atoms with Gasteiger partial charge in [-0.2, -0.15) is 13.2 Å². The first-order valence-electron chi connectivity index (χ1n) is 5.22. The van der Waals surface area contributed by atoms with Gasteiger partial charge in [0.25, 0.3) is 0 Å². The second kappa shape index (κ2) is 5.00. The van der Waals surface area contributed by atoms with Gasteiger partial charge >= 0.3 is 12.1 Å². The molecule has 0 amide bonds. The molecule has 0 radical (unpaired) electrons. The molecule has 0 atom stereocenters. The molecular formula is C12H8F3NO2S. The maximum absolute atomic E-state index is 12.6. The molecule has 1 N–H and O–H groups in total. The van der Waals surface area contributed by atoms with Gasteiger partial charge in [0.05, 0.1) is 5.01 Å². The molecular weight excluding hydrogens is 279 g/mol. The van der Waals surface area contributed by atoms with Crippen molar-refractivity contribution in [3.8, 4) is 0 Å². The molecule has 0 aliphatic carbocycles. The molecule has 2 aromatic rings. The number of aromatic carboxylic acids is 1. The number of carboxylic acid groups (broad SMARTS) is 1. The number of thiazole rings is 1. The lowest BCUT2D eigenvalue weighted by Gasteiger charge is -2.02. The zero-order chi connectivity index (χ0) is 14.0. The largest absolute Gasteiger partial charge is 0.477 e. The van der Waals surface area contributed by atoms with E-state index in [9.17, 15) is 18.0 Å². The Kier molecular flexibility index (Phi) is 3.57. The van der Waals surface area contributed by atoms with Crippen molar-refractivity contribution in [2.24, 2.45) is 0 Å². The van der Waals surface area contributed by atoms with Crippen LogP contribution < -0.4 is 0 Å². The molecule has 7 heteroatoms. The van der Waals surface area contributed by atoms with Crippen LogP contribution in [0.25, 0.3) is 0 Å². The molecule has 3 nitrogen and oxygen atoms in total. The van der Waals surface area contributed by atoms with Crippen molar-refractivity contribution in [2.75, 3.05) is 0 Å². The van der Waals surface area contributed by atoms with Crippen LogP contribution in [0.4, 0.5) is 13.2 Å². The van der Waals surface area contributed by atoms with Gasteiger partial charge in [-0.05, 0) is 5.56 Å². The number of hydrogen-bond donors (Lipinski definition) is 1. The van der Waals surface area contributed by atoms with E-state index < -0.39 is 22.7 Å². The Morgan fingerprint density at radius 3 is 2.37 bits per heavy atom. The summed E-state index contributed by atoms with van der Waals surface area (Å²) in [6.07, 6.45) is -4.57. The molecule has 1 aromatic carbocycles. The van der Waals surface area contributed by atoms with Crippen LogP contribution in [0.5, 0.6) is 0 Å². The maximum atomic E-state index is 12.6. The van der Waals surface area contributed by atoms with Crippen molar-refractivity contribution in [1.82, 2.24) is 4.98 Å². The highest BCUT2D eigenvalue weighted by Crippen LogP contribution is 2.34. The molecule has 0 bridgehead atoms. The van der Waals surface area contributed by atoms with Crippen LogP contribution in [0.1, 0.15) is 25.9 Å². The van der Waals surface area contributed by atoms with Crippen LogP contribution in [0.2, 0.25) is 0 Å². The van der Waals surface area contributed by atoms with Crippen molar-refractivity contribution in [2.45, 2.75) is 12.6 Å². The van der Waals surface area contributed by atoms with Gasteiger partial charge in [-0.3, -0.25) is 0 Å². The van der Waals surface area contributed by atoms with E-state index in [-0.39, 0.29) is 11.4 Å². The number of halogens is 3. The third kappa shape index (κ3) is 3.11. The zero-order valence-corrected chi connectivity index (χ0v) is 10.3. The van der Waals surface area contributed by atoms with Gasteiger partial charge in [-0.25, -0.2) is 9.78 Å². The predicted molar refractivity (Wildman–Crippen MR) is 63.3 cm³/mol. The number of benzene rings is 1. The fourth-order valence-corrected chi connectivity index (χ4v) is 2.50. The van der Waals surface area contributed by atoms with E-state index in [1.807, 2.05) is 0 Å². The van der Waals surface area contributed by atoms with Crippen molar-refractivity contribution in [1.29, 1.82) is 0 Å². The van der Waals surface area contributed by atoms with E-state index in [1.165, 1.54) is 0 Å². The highest BCUT2D eigenvalue weighted by Gasteiger charge is 2.39. The quantitative estimate of drug-likeness (QED) is 0.940. The Hall–Kier alpha value is -1.89. The number of carboxylic acids is 1. The summed E-state index contributed by atoms with van der Waals surface area (Å²) in [5, 5.41) is 8.91. The van der Waals surface area contributed by atoms with Crippen molar-refractivity contribution in [3.63, 3.8) is 0 Å². The minimum Gasteiger partial charge on any atom is -0.477 e. The third-order valence-corrected chi connectivity index (χ3v) is 3.38. The molecule has 2 rings (SSSR count). The minimum absolute atomic E-state index is 0.135. The number of aromatic nitrogens is 1. The number of carbonyl (C=O) groups is 1. The molecule has 19 heavy (non-hydrogen) atoms. The molecule has 0 aliphatic heterocycles. The molecule has 0 saturated carbocycles. The molecule has 1 heterocycles. The van der Waals surface area contributed by atoms with Gasteiger partial charge in [-0.1, -0.05) is 30.3 Å². The minimum atomic E-state index is -4.75. The Morgan fingerprint density at radius 2 is 1.89 bits per heavy atom.